The van der Waals surface area contributed by atoms with Gasteiger partial charge in [0.25, 0.3) is 11.8 Å². The first-order chi connectivity index (χ1) is 17.3. The molecule has 0 spiro atoms. The molecule has 0 radical (unpaired) electrons. The van der Waals surface area contributed by atoms with E-state index in [4.69, 9.17) is 10.6 Å². The van der Waals surface area contributed by atoms with Crippen molar-refractivity contribution in [3.8, 4) is 0 Å². The minimum absolute atomic E-state index is 0.0884. The van der Waals surface area contributed by atoms with Gasteiger partial charge in [-0.3, -0.25) is 14.5 Å². The fourth-order valence-corrected chi connectivity index (χ4v) is 6.10. The Morgan fingerprint density at radius 1 is 1.39 bits per heavy atom. The molecule has 5 rings (SSSR count). The van der Waals surface area contributed by atoms with Gasteiger partial charge in [-0.05, 0) is 12.1 Å². The number of nitrogens with two attached hydrogens (primary N) is 1. The van der Waals surface area contributed by atoms with Crippen molar-refractivity contribution < 1.29 is 29.0 Å². The average Bonchev–Trinajstić information content (AvgIpc) is 3.43. The van der Waals surface area contributed by atoms with Crippen molar-refractivity contribution in [3.05, 3.63) is 46.6 Å². The van der Waals surface area contributed by atoms with E-state index in [1.54, 1.807) is 14.7 Å². The molecular formula is C21H21N8O5S2+. The summed E-state index contributed by atoms with van der Waals surface area (Å²) in [7, 11) is 3.09. The summed E-state index contributed by atoms with van der Waals surface area (Å²) in [5.41, 5.74) is 7.94. The van der Waals surface area contributed by atoms with Gasteiger partial charge < -0.3 is 21.0 Å². The zero-order chi connectivity index (χ0) is 25.6. The Morgan fingerprint density at radius 3 is 2.86 bits per heavy atom. The lowest BCUT2D eigenvalue weighted by Crippen LogP contribution is -2.71. The molecule has 36 heavy (non-hydrogen) atoms. The lowest BCUT2D eigenvalue weighted by molar-refractivity contribution is -0.709. The number of amides is 2. The summed E-state index contributed by atoms with van der Waals surface area (Å²) in [4.78, 5) is 48.2. The number of benzene rings is 1. The SMILES string of the molecule is CO/N=C(/C(=O)N[C@@H]1C(=O)N2C(C(=O)O)=C(Cn3n[n+](C)c4ccccc43)CS[C@H]12)c1csc(N)n1. The topological polar surface area (TPSA) is 169 Å². The van der Waals surface area contributed by atoms with Crippen LogP contribution >= 0.6 is 23.1 Å². The van der Waals surface area contributed by atoms with Crippen molar-refractivity contribution in [1.82, 2.24) is 25.1 Å². The van der Waals surface area contributed by atoms with Gasteiger partial charge in [-0.1, -0.05) is 17.3 Å². The maximum Gasteiger partial charge on any atom is 0.352 e. The van der Waals surface area contributed by atoms with E-state index in [0.29, 0.717) is 11.3 Å². The average molecular weight is 530 g/mol. The molecule has 15 heteroatoms. The Kier molecular flexibility index (Phi) is 6.09. The third kappa shape index (κ3) is 3.95. The number of para-hydroxylation sites is 2. The molecule has 1 aromatic carbocycles. The fraction of sp³-hybridized carbons (Fsp3) is 0.286. The Labute approximate surface area is 212 Å². The molecule has 3 aromatic rings. The highest BCUT2D eigenvalue weighted by Gasteiger charge is 2.54. The van der Waals surface area contributed by atoms with Crippen LogP contribution in [0.3, 0.4) is 0 Å². The van der Waals surface area contributed by atoms with Crippen molar-refractivity contribution >= 4 is 62.8 Å². The lowest BCUT2D eigenvalue weighted by atomic mass is 10.0. The van der Waals surface area contributed by atoms with E-state index in [-0.39, 0.29) is 28.8 Å². The van der Waals surface area contributed by atoms with Crippen LogP contribution in [0.5, 0.6) is 0 Å². The molecule has 0 saturated carbocycles. The van der Waals surface area contributed by atoms with Crippen molar-refractivity contribution in [3.63, 3.8) is 0 Å². The van der Waals surface area contributed by atoms with E-state index in [2.05, 4.69) is 20.7 Å². The van der Waals surface area contributed by atoms with Crippen LogP contribution in [0, 0.1) is 0 Å². The van der Waals surface area contributed by atoms with Gasteiger partial charge in [0.05, 0.1) is 5.21 Å². The number of oxime groups is 1. The van der Waals surface area contributed by atoms with Crippen LogP contribution in [-0.4, -0.2) is 72.7 Å². The normalized spacial score (nSPS) is 19.8. The maximum atomic E-state index is 13.1. The first kappa shape index (κ1) is 23.7. The van der Waals surface area contributed by atoms with E-state index in [9.17, 15) is 19.5 Å². The van der Waals surface area contributed by atoms with Crippen LogP contribution in [0.4, 0.5) is 5.13 Å². The lowest BCUT2D eigenvalue weighted by Gasteiger charge is -2.49. The van der Waals surface area contributed by atoms with Gasteiger partial charge in [-0.2, -0.15) is 0 Å². The smallest absolute Gasteiger partial charge is 0.352 e. The molecule has 186 valence electrons. The summed E-state index contributed by atoms with van der Waals surface area (Å²) < 4.78 is 3.43. The van der Waals surface area contributed by atoms with Crippen LogP contribution < -0.4 is 15.7 Å². The fourth-order valence-electron chi connectivity index (χ4n) is 4.22. The number of aliphatic carboxylic acids is 1. The number of rotatable bonds is 7. The highest BCUT2D eigenvalue weighted by Crippen LogP contribution is 2.40. The summed E-state index contributed by atoms with van der Waals surface area (Å²) in [6.07, 6.45) is 0. The third-order valence-corrected chi connectivity index (χ3v) is 7.80. The molecule has 4 N–H and O–H groups in total. The Morgan fingerprint density at radius 2 is 2.17 bits per heavy atom. The minimum Gasteiger partial charge on any atom is -0.477 e. The Balaban J connectivity index is 1.38. The number of hydrogen-bond acceptors (Lipinski definition) is 10. The molecule has 2 atom stereocenters. The summed E-state index contributed by atoms with van der Waals surface area (Å²) >= 11 is 2.50. The number of β-lactam (4-membered cyclic amide) rings is 1. The standard InChI is InChI=1S/C21H20N8O5S2/c1-27-12-5-3-4-6-13(12)28(26-27)7-10-8-35-19-15(18(31)29(19)16(10)20(32)33)24-17(30)14(25-34-2)11-9-36-21(22)23-11/h3-6,9,15,19H,7-8H2,1-2H3,(H3-,22,23,24,30,32,33)/p+1/b25-14+/t15-,19-/m1/s1. The van der Waals surface area contributed by atoms with Gasteiger partial charge in [0.15, 0.2) is 21.9 Å². The molecular weight excluding hydrogens is 508 g/mol. The maximum absolute atomic E-state index is 13.1. The molecule has 2 aliphatic rings. The zero-order valence-electron chi connectivity index (χ0n) is 19.1. The molecule has 2 aliphatic heterocycles. The monoisotopic (exact) mass is 529 g/mol. The first-order valence-electron chi connectivity index (χ1n) is 10.7. The molecule has 2 aromatic heterocycles. The van der Waals surface area contributed by atoms with E-state index in [0.717, 1.165) is 22.4 Å². The molecule has 2 amide bonds. The molecule has 4 heterocycles. The summed E-state index contributed by atoms with van der Waals surface area (Å²) in [6, 6.07) is 6.67. The van der Waals surface area contributed by atoms with Gasteiger partial charge in [-0.15, -0.1) is 32.5 Å². The van der Waals surface area contributed by atoms with Crippen LogP contribution in [0.15, 0.2) is 46.1 Å². The highest BCUT2D eigenvalue weighted by atomic mass is 32.2. The van der Waals surface area contributed by atoms with E-state index >= 15 is 0 Å². The van der Waals surface area contributed by atoms with Crippen molar-refractivity contribution in [2.24, 2.45) is 12.2 Å². The van der Waals surface area contributed by atoms with Crippen molar-refractivity contribution in [2.45, 2.75) is 18.0 Å². The van der Waals surface area contributed by atoms with E-state index in [1.807, 2.05) is 31.3 Å². The highest BCUT2D eigenvalue weighted by molar-refractivity contribution is 8.00. The van der Waals surface area contributed by atoms with Gasteiger partial charge in [0.2, 0.25) is 0 Å². The number of nitrogens with zero attached hydrogens (tertiary/aromatic N) is 6. The molecule has 0 bridgehead atoms. The summed E-state index contributed by atoms with van der Waals surface area (Å²) in [5, 5.41) is 22.0. The minimum atomic E-state index is -1.21. The summed E-state index contributed by atoms with van der Waals surface area (Å²) in [5.74, 6) is -2.07. The number of hydrogen-bond donors (Lipinski definition) is 3. The largest absolute Gasteiger partial charge is 0.477 e. The van der Waals surface area contributed by atoms with Crippen LogP contribution in [0.1, 0.15) is 5.69 Å². The summed E-state index contributed by atoms with van der Waals surface area (Å²) in [6.45, 7) is 0.208. The number of thioether (sulfide) groups is 1. The van der Waals surface area contributed by atoms with Crippen molar-refractivity contribution in [2.75, 3.05) is 18.6 Å². The number of carboxylic acids is 1. The second-order valence-electron chi connectivity index (χ2n) is 7.97. The number of nitrogen functional groups attached to an aromatic ring is 1. The van der Waals surface area contributed by atoms with E-state index < -0.39 is 29.2 Å². The first-order valence-corrected chi connectivity index (χ1v) is 12.6. The number of anilines is 1. The van der Waals surface area contributed by atoms with Gasteiger partial charge >= 0.3 is 5.97 Å². The van der Waals surface area contributed by atoms with Crippen molar-refractivity contribution in [1.29, 1.82) is 0 Å². The van der Waals surface area contributed by atoms with Gasteiger partial charge in [0.1, 0.15) is 43.5 Å². The van der Waals surface area contributed by atoms with Gasteiger partial charge in [0, 0.05) is 16.7 Å². The molecule has 13 nitrogen and oxygen atoms in total. The third-order valence-electron chi connectivity index (χ3n) is 5.79. The van der Waals surface area contributed by atoms with Crippen LogP contribution in [0.2, 0.25) is 0 Å². The Hall–Kier alpha value is -3.98. The number of carbonyl (C=O) groups excluding carboxylic acids is 2. The number of carboxylic acid groups (broad SMARTS) is 1. The number of carbonyl (C=O) groups is 3. The number of nitrogens with one attached hydrogen (secondary N) is 1. The molecule has 1 saturated heterocycles. The number of aryl methyl sites for hydroxylation is 1. The Bertz CT molecular complexity index is 1460. The second kappa shape index (κ2) is 9.23. The van der Waals surface area contributed by atoms with E-state index in [1.165, 1.54) is 23.8 Å². The number of thiazole rings is 1. The van der Waals surface area contributed by atoms with Gasteiger partial charge in [-0.25, -0.2) is 9.78 Å². The second-order valence-corrected chi connectivity index (χ2v) is 9.97. The van der Waals surface area contributed by atoms with Crippen LogP contribution in [-0.2, 0) is 32.8 Å². The zero-order valence-corrected chi connectivity index (χ0v) is 20.7. The number of fused-ring (bicyclic) bond motifs is 2. The number of aromatic nitrogens is 4. The van der Waals surface area contributed by atoms with Crippen LogP contribution in [0.25, 0.3) is 11.0 Å². The molecule has 0 unspecified atom stereocenters. The molecule has 0 aliphatic carbocycles. The quantitative estimate of drug-likeness (QED) is 0.161. The predicted octanol–water partition coefficient (Wildman–Crippen LogP) is -0.311. The predicted molar refractivity (Wildman–Crippen MR) is 131 cm³/mol. The molecule has 1 fully saturated rings.